The quantitative estimate of drug-likeness (QED) is 0.183. The molecule has 0 unspecified atom stereocenters. The van der Waals surface area contributed by atoms with Crippen LogP contribution in [-0.2, 0) is 0 Å². The molecule has 0 aliphatic heterocycles. The summed E-state index contributed by atoms with van der Waals surface area (Å²) in [5, 5.41) is 4.86. The number of hydrogen-bond acceptors (Lipinski definition) is 2. The van der Waals surface area contributed by atoms with Crippen LogP contribution >= 0.6 is 0 Å². The van der Waals surface area contributed by atoms with Crippen LogP contribution in [0.2, 0.25) is 0 Å². The molecule has 8 aromatic rings. The molecule has 0 aliphatic rings. The van der Waals surface area contributed by atoms with Gasteiger partial charge in [0.25, 0.3) is 0 Å². The highest BCUT2D eigenvalue weighted by Crippen LogP contribution is 2.43. The standard InChI is InChI=1S/C44H32N2/c1-4-20-36(21-5-1)45(37-22-6-2-7-23-37)40-31-34-17-11-12-27-41(34)43(32-40)35-19-14-26-39(30-35)46(38-24-8-3-9-25-38)44-29-15-18-33-16-10-13-28-42(33)44/h1-32H. The van der Waals surface area contributed by atoms with E-state index in [1.165, 1.54) is 27.1 Å². The number of benzene rings is 8. The topological polar surface area (TPSA) is 6.48 Å². The molecule has 0 saturated heterocycles. The average molecular weight is 589 g/mol. The van der Waals surface area contributed by atoms with Gasteiger partial charge in [-0.3, -0.25) is 0 Å². The van der Waals surface area contributed by atoms with Crippen molar-refractivity contribution in [3.05, 3.63) is 194 Å². The molecule has 0 atom stereocenters. The molecule has 2 nitrogen and oxygen atoms in total. The zero-order valence-corrected chi connectivity index (χ0v) is 25.4. The van der Waals surface area contributed by atoms with Gasteiger partial charge in [0.15, 0.2) is 0 Å². The van der Waals surface area contributed by atoms with Crippen molar-refractivity contribution in [2.24, 2.45) is 0 Å². The minimum absolute atomic E-state index is 1.11. The Morgan fingerprint density at radius 3 is 1.46 bits per heavy atom. The Labute approximate surface area is 270 Å². The largest absolute Gasteiger partial charge is 0.310 e. The van der Waals surface area contributed by atoms with Crippen LogP contribution in [0.15, 0.2) is 194 Å². The fourth-order valence-corrected chi connectivity index (χ4v) is 6.48. The number of hydrogen-bond donors (Lipinski definition) is 0. The maximum absolute atomic E-state index is 2.37. The van der Waals surface area contributed by atoms with Crippen molar-refractivity contribution >= 4 is 55.7 Å². The zero-order valence-electron chi connectivity index (χ0n) is 25.4. The molecule has 0 aromatic heterocycles. The van der Waals surface area contributed by atoms with E-state index in [2.05, 4.69) is 204 Å². The lowest BCUT2D eigenvalue weighted by molar-refractivity contribution is 1.29. The van der Waals surface area contributed by atoms with Crippen LogP contribution in [0.3, 0.4) is 0 Å². The summed E-state index contributed by atoms with van der Waals surface area (Å²) in [6, 6.07) is 69.3. The van der Waals surface area contributed by atoms with Crippen molar-refractivity contribution in [2.75, 3.05) is 9.80 Å². The van der Waals surface area contributed by atoms with Crippen LogP contribution in [0.1, 0.15) is 0 Å². The van der Waals surface area contributed by atoms with Gasteiger partial charge in [0.2, 0.25) is 0 Å². The van der Waals surface area contributed by atoms with Gasteiger partial charge in [0, 0.05) is 33.8 Å². The lowest BCUT2D eigenvalue weighted by Crippen LogP contribution is -2.11. The first-order chi connectivity index (χ1) is 22.8. The van der Waals surface area contributed by atoms with Gasteiger partial charge in [-0.1, -0.05) is 127 Å². The normalized spacial score (nSPS) is 11.0. The summed E-state index contributed by atoms with van der Waals surface area (Å²) in [5.41, 5.74) is 9.09. The highest BCUT2D eigenvalue weighted by molar-refractivity contribution is 6.02. The minimum Gasteiger partial charge on any atom is -0.310 e. The molecule has 0 amide bonds. The van der Waals surface area contributed by atoms with Crippen LogP contribution in [0.25, 0.3) is 32.7 Å². The Balaban J connectivity index is 1.33. The molecule has 0 bridgehead atoms. The minimum atomic E-state index is 1.11. The van der Waals surface area contributed by atoms with Gasteiger partial charge in [-0.05, 0) is 94.0 Å². The Morgan fingerprint density at radius 2 is 0.783 bits per heavy atom. The molecular formula is C44H32N2. The van der Waals surface area contributed by atoms with Crippen LogP contribution in [0, 0.1) is 0 Å². The van der Waals surface area contributed by atoms with Crippen molar-refractivity contribution in [1.29, 1.82) is 0 Å². The second-order valence-corrected chi connectivity index (χ2v) is 11.4. The lowest BCUT2D eigenvalue weighted by Gasteiger charge is -2.28. The van der Waals surface area contributed by atoms with E-state index in [1.807, 2.05) is 0 Å². The second-order valence-electron chi connectivity index (χ2n) is 11.4. The van der Waals surface area contributed by atoms with E-state index in [0.717, 1.165) is 39.7 Å². The third-order valence-electron chi connectivity index (χ3n) is 8.57. The number of anilines is 6. The average Bonchev–Trinajstić information content (AvgIpc) is 3.13. The van der Waals surface area contributed by atoms with Gasteiger partial charge in [-0.15, -0.1) is 0 Å². The third kappa shape index (κ3) is 5.16. The first-order valence-electron chi connectivity index (χ1n) is 15.7. The molecule has 218 valence electrons. The van der Waals surface area contributed by atoms with Crippen molar-refractivity contribution < 1.29 is 0 Å². The predicted molar refractivity (Wildman–Crippen MR) is 196 cm³/mol. The summed E-state index contributed by atoms with van der Waals surface area (Å²) < 4.78 is 0. The molecule has 0 fully saturated rings. The van der Waals surface area contributed by atoms with Crippen LogP contribution in [0.5, 0.6) is 0 Å². The number of fused-ring (bicyclic) bond motifs is 2. The summed E-state index contributed by atoms with van der Waals surface area (Å²) in [6.45, 7) is 0. The summed E-state index contributed by atoms with van der Waals surface area (Å²) in [5.74, 6) is 0. The van der Waals surface area contributed by atoms with Gasteiger partial charge in [-0.2, -0.15) is 0 Å². The van der Waals surface area contributed by atoms with E-state index in [-0.39, 0.29) is 0 Å². The molecule has 0 aliphatic carbocycles. The Bertz CT molecular complexity index is 2220. The molecule has 8 aromatic carbocycles. The molecule has 0 saturated carbocycles. The maximum atomic E-state index is 2.37. The summed E-state index contributed by atoms with van der Waals surface area (Å²) in [7, 11) is 0. The van der Waals surface area contributed by atoms with Crippen molar-refractivity contribution in [2.45, 2.75) is 0 Å². The summed E-state index contributed by atoms with van der Waals surface area (Å²) in [6.07, 6.45) is 0. The predicted octanol–water partition coefficient (Wildman–Crippen LogP) is 12.6. The van der Waals surface area contributed by atoms with Crippen LogP contribution < -0.4 is 9.80 Å². The highest BCUT2D eigenvalue weighted by Gasteiger charge is 2.18. The highest BCUT2D eigenvalue weighted by atomic mass is 15.1. The molecule has 0 spiro atoms. The molecule has 0 heterocycles. The van der Waals surface area contributed by atoms with Crippen molar-refractivity contribution in [3.8, 4) is 11.1 Å². The molecule has 0 N–H and O–H groups in total. The monoisotopic (exact) mass is 588 g/mol. The van der Waals surface area contributed by atoms with Gasteiger partial charge in [0.05, 0.1) is 5.69 Å². The number of para-hydroxylation sites is 3. The Hall–Kier alpha value is -6.12. The first-order valence-corrected chi connectivity index (χ1v) is 15.7. The van der Waals surface area contributed by atoms with Crippen molar-refractivity contribution in [1.82, 2.24) is 0 Å². The van der Waals surface area contributed by atoms with E-state index in [4.69, 9.17) is 0 Å². The van der Waals surface area contributed by atoms with Crippen molar-refractivity contribution in [3.63, 3.8) is 0 Å². The summed E-state index contributed by atoms with van der Waals surface area (Å²) >= 11 is 0. The molecule has 0 radical (unpaired) electrons. The molecular weight excluding hydrogens is 556 g/mol. The van der Waals surface area contributed by atoms with Crippen LogP contribution in [0.4, 0.5) is 34.1 Å². The summed E-state index contributed by atoms with van der Waals surface area (Å²) in [4.78, 5) is 4.71. The second kappa shape index (κ2) is 12.1. The molecule has 2 heteroatoms. The first kappa shape index (κ1) is 27.4. The van der Waals surface area contributed by atoms with E-state index in [1.54, 1.807) is 0 Å². The number of nitrogens with zero attached hydrogens (tertiary/aromatic N) is 2. The fourth-order valence-electron chi connectivity index (χ4n) is 6.48. The number of rotatable bonds is 7. The van der Waals surface area contributed by atoms with Gasteiger partial charge < -0.3 is 9.80 Å². The lowest BCUT2D eigenvalue weighted by atomic mass is 9.96. The third-order valence-corrected chi connectivity index (χ3v) is 8.57. The fraction of sp³-hybridized carbons (Fsp3) is 0. The van der Waals surface area contributed by atoms with Gasteiger partial charge >= 0.3 is 0 Å². The van der Waals surface area contributed by atoms with E-state index < -0.39 is 0 Å². The van der Waals surface area contributed by atoms with E-state index >= 15 is 0 Å². The molecule has 8 rings (SSSR count). The Kier molecular flexibility index (Phi) is 7.22. The zero-order chi connectivity index (χ0) is 30.7. The smallest absolute Gasteiger partial charge is 0.0540 e. The van der Waals surface area contributed by atoms with E-state index in [0.29, 0.717) is 0 Å². The van der Waals surface area contributed by atoms with Crippen LogP contribution in [-0.4, -0.2) is 0 Å². The SMILES string of the molecule is c1ccc(N(c2ccccc2)c2cc(-c3cccc(N(c4ccccc4)c4cccc5ccccc45)c3)c3ccccc3c2)cc1. The Morgan fingerprint density at radius 1 is 0.283 bits per heavy atom. The maximum Gasteiger partial charge on any atom is 0.0540 e. The van der Waals surface area contributed by atoms with E-state index in [9.17, 15) is 0 Å². The molecule has 46 heavy (non-hydrogen) atoms. The van der Waals surface area contributed by atoms with Gasteiger partial charge in [-0.25, -0.2) is 0 Å². The van der Waals surface area contributed by atoms with Gasteiger partial charge in [0.1, 0.15) is 0 Å².